The van der Waals surface area contributed by atoms with Crippen LogP contribution < -0.4 is 0 Å². The van der Waals surface area contributed by atoms with Crippen LogP contribution in [0.1, 0.15) is 6.92 Å². The number of benzene rings is 1. The van der Waals surface area contributed by atoms with Gasteiger partial charge in [0, 0.05) is 36.1 Å². The van der Waals surface area contributed by atoms with Gasteiger partial charge < -0.3 is 9.80 Å². The Labute approximate surface area is 134 Å². The van der Waals surface area contributed by atoms with Gasteiger partial charge in [-0.05, 0) is 24.7 Å². The van der Waals surface area contributed by atoms with E-state index >= 15 is 0 Å². The fourth-order valence-corrected chi connectivity index (χ4v) is 3.53. The number of hydrogen-bond donors (Lipinski definition) is 0. The predicted octanol–water partition coefficient (Wildman–Crippen LogP) is 3.25. The molecule has 1 aliphatic heterocycles. The van der Waals surface area contributed by atoms with Crippen LogP contribution >= 0.6 is 35.0 Å². The molecule has 2 rings (SSSR count). The van der Waals surface area contributed by atoms with Gasteiger partial charge in [0.1, 0.15) is 0 Å². The van der Waals surface area contributed by atoms with Gasteiger partial charge >= 0.3 is 0 Å². The van der Waals surface area contributed by atoms with Gasteiger partial charge in [0.2, 0.25) is 5.91 Å². The number of amides is 1. The molecule has 1 fully saturated rings. The van der Waals surface area contributed by atoms with E-state index in [2.05, 4.69) is 11.8 Å². The molecule has 20 heavy (non-hydrogen) atoms. The van der Waals surface area contributed by atoms with Crippen molar-refractivity contribution in [1.82, 2.24) is 9.80 Å². The SMILES string of the molecule is CCN1CCN(C(=O)CSc2cc(Cl)ccc2Cl)CC1. The molecule has 0 aliphatic carbocycles. The first kappa shape index (κ1) is 16.0. The molecule has 6 heteroatoms. The molecule has 0 bridgehead atoms. The highest BCUT2D eigenvalue weighted by atomic mass is 35.5. The van der Waals surface area contributed by atoms with Crippen molar-refractivity contribution in [3.05, 3.63) is 28.2 Å². The molecule has 0 aromatic heterocycles. The Morgan fingerprint density at radius 3 is 2.60 bits per heavy atom. The van der Waals surface area contributed by atoms with Gasteiger partial charge in [0.25, 0.3) is 0 Å². The van der Waals surface area contributed by atoms with Gasteiger partial charge in [-0.15, -0.1) is 11.8 Å². The number of carbonyl (C=O) groups is 1. The topological polar surface area (TPSA) is 23.6 Å². The molecule has 0 unspecified atom stereocenters. The summed E-state index contributed by atoms with van der Waals surface area (Å²) in [5.41, 5.74) is 0. The Morgan fingerprint density at radius 1 is 1.25 bits per heavy atom. The molecule has 1 aromatic carbocycles. The van der Waals surface area contributed by atoms with Gasteiger partial charge in [-0.25, -0.2) is 0 Å². The molecule has 1 amide bonds. The van der Waals surface area contributed by atoms with Crippen LogP contribution in [-0.2, 0) is 4.79 Å². The van der Waals surface area contributed by atoms with Gasteiger partial charge in [0.05, 0.1) is 10.8 Å². The molecule has 0 atom stereocenters. The zero-order valence-electron chi connectivity index (χ0n) is 11.4. The van der Waals surface area contributed by atoms with Gasteiger partial charge in [-0.3, -0.25) is 4.79 Å². The monoisotopic (exact) mass is 332 g/mol. The Bertz CT molecular complexity index is 476. The third-order valence-corrected chi connectivity index (χ3v) is 5.13. The summed E-state index contributed by atoms with van der Waals surface area (Å²) in [5, 5.41) is 1.28. The highest BCUT2D eigenvalue weighted by Gasteiger charge is 2.20. The van der Waals surface area contributed by atoms with Crippen LogP contribution in [0.4, 0.5) is 0 Å². The quantitative estimate of drug-likeness (QED) is 0.791. The van der Waals surface area contributed by atoms with Gasteiger partial charge in [-0.1, -0.05) is 30.1 Å². The molecule has 1 saturated heterocycles. The zero-order valence-corrected chi connectivity index (χ0v) is 13.8. The third kappa shape index (κ3) is 4.29. The summed E-state index contributed by atoms with van der Waals surface area (Å²) in [6, 6.07) is 5.31. The van der Waals surface area contributed by atoms with E-state index in [0.29, 0.717) is 15.8 Å². The van der Waals surface area contributed by atoms with Crippen molar-refractivity contribution in [3.8, 4) is 0 Å². The number of carbonyl (C=O) groups excluding carboxylic acids is 1. The van der Waals surface area contributed by atoms with Gasteiger partial charge in [-0.2, -0.15) is 0 Å². The van der Waals surface area contributed by atoms with Crippen molar-refractivity contribution in [2.24, 2.45) is 0 Å². The van der Waals surface area contributed by atoms with Crippen molar-refractivity contribution in [2.45, 2.75) is 11.8 Å². The Morgan fingerprint density at radius 2 is 1.95 bits per heavy atom. The predicted molar refractivity (Wildman–Crippen MR) is 85.9 cm³/mol. The number of nitrogens with zero attached hydrogens (tertiary/aromatic N) is 2. The van der Waals surface area contributed by atoms with Crippen molar-refractivity contribution < 1.29 is 4.79 Å². The minimum atomic E-state index is 0.168. The summed E-state index contributed by atoms with van der Waals surface area (Å²) in [4.78, 5) is 17.3. The lowest BCUT2D eigenvalue weighted by Gasteiger charge is -2.34. The van der Waals surface area contributed by atoms with Crippen LogP contribution in [0.25, 0.3) is 0 Å². The molecule has 1 heterocycles. The van der Waals surface area contributed by atoms with Crippen LogP contribution in [0, 0.1) is 0 Å². The molecule has 1 aromatic rings. The smallest absolute Gasteiger partial charge is 0.233 e. The molecule has 3 nitrogen and oxygen atoms in total. The average molecular weight is 333 g/mol. The van der Waals surface area contributed by atoms with Crippen LogP contribution in [0.15, 0.2) is 23.1 Å². The van der Waals surface area contributed by atoms with Crippen molar-refractivity contribution in [1.29, 1.82) is 0 Å². The summed E-state index contributed by atoms with van der Waals surface area (Å²) >= 11 is 13.5. The lowest BCUT2D eigenvalue weighted by molar-refractivity contribution is -0.130. The maximum atomic E-state index is 12.2. The highest BCUT2D eigenvalue weighted by molar-refractivity contribution is 8.00. The Kier molecular flexibility index (Phi) is 6.02. The zero-order chi connectivity index (χ0) is 14.5. The average Bonchev–Trinajstić information content (AvgIpc) is 2.48. The largest absolute Gasteiger partial charge is 0.339 e. The van der Waals surface area contributed by atoms with Crippen molar-refractivity contribution in [3.63, 3.8) is 0 Å². The first-order chi connectivity index (χ1) is 9.60. The second-order valence-electron chi connectivity index (χ2n) is 4.68. The van der Waals surface area contributed by atoms with Crippen molar-refractivity contribution in [2.75, 3.05) is 38.5 Å². The standard InChI is InChI=1S/C14H18Cl2N2OS/c1-2-17-5-7-18(8-6-17)14(19)10-20-13-9-11(15)3-4-12(13)16/h3-4,9H,2,5-8,10H2,1H3. The maximum Gasteiger partial charge on any atom is 0.233 e. The number of thioether (sulfide) groups is 1. The molecule has 0 saturated carbocycles. The van der Waals surface area contributed by atoms with E-state index in [1.165, 1.54) is 11.8 Å². The fraction of sp³-hybridized carbons (Fsp3) is 0.500. The summed E-state index contributed by atoms with van der Waals surface area (Å²) in [6.45, 7) is 6.76. The summed E-state index contributed by atoms with van der Waals surface area (Å²) < 4.78 is 0. The molecule has 0 spiro atoms. The van der Waals surface area contributed by atoms with E-state index in [4.69, 9.17) is 23.2 Å². The van der Waals surface area contributed by atoms with Crippen LogP contribution in [0.5, 0.6) is 0 Å². The number of piperazine rings is 1. The van der Waals surface area contributed by atoms with E-state index in [-0.39, 0.29) is 5.91 Å². The number of halogens is 2. The van der Waals surface area contributed by atoms with Crippen LogP contribution in [-0.4, -0.2) is 54.2 Å². The van der Waals surface area contributed by atoms with E-state index < -0.39 is 0 Å². The fourth-order valence-electron chi connectivity index (χ4n) is 2.13. The second kappa shape index (κ2) is 7.55. The van der Waals surface area contributed by atoms with E-state index in [0.717, 1.165) is 37.6 Å². The maximum absolute atomic E-state index is 12.2. The minimum Gasteiger partial charge on any atom is -0.339 e. The number of likely N-dealkylation sites (N-methyl/N-ethyl adjacent to an activating group) is 1. The van der Waals surface area contributed by atoms with Crippen LogP contribution in [0.2, 0.25) is 10.0 Å². The molecular weight excluding hydrogens is 315 g/mol. The molecule has 0 radical (unpaired) electrons. The number of rotatable bonds is 4. The van der Waals surface area contributed by atoms with Crippen molar-refractivity contribution >= 4 is 40.9 Å². The van der Waals surface area contributed by atoms with E-state index in [1.54, 1.807) is 18.2 Å². The Balaban J connectivity index is 1.85. The van der Waals surface area contributed by atoms with E-state index in [9.17, 15) is 4.79 Å². The van der Waals surface area contributed by atoms with E-state index in [1.807, 2.05) is 4.90 Å². The lowest BCUT2D eigenvalue weighted by Crippen LogP contribution is -2.49. The number of hydrogen-bond acceptors (Lipinski definition) is 3. The molecular formula is C14H18Cl2N2OS. The summed E-state index contributed by atoms with van der Waals surface area (Å²) in [5.74, 6) is 0.577. The normalized spacial score (nSPS) is 16.4. The first-order valence-electron chi connectivity index (χ1n) is 6.68. The molecule has 0 N–H and O–H groups in total. The van der Waals surface area contributed by atoms with Crippen LogP contribution in [0.3, 0.4) is 0 Å². The first-order valence-corrected chi connectivity index (χ1v) is 8.42. The minimum absolute atomic E-state index is 0.168. The highest BCUT2D eigenvalue weighted by Crippen LogP contribution is 2.30. The second-order valence-corrected chi connectivity index (χ2v) is 6.54. The lowest BCUT2D eigenvalue weighted by atomic mass is 10.3. The molecule has 1 aliphatic rings. The Hall–Kier alpha value is -0.420. The van der Waals surface area contributed by atoms with Gasteiger partial charge in [0.15, 0.2) is 0 Å². The molecule has 110 valence electrons. The summed E-state index contributed by atoms with van der Waals surface area (Å²) in [6.07, 6.45) is 0. The summed E-state index contributed by atoms with van der Waals surface area (Å²) in [7, 11) is 0. The third-order valence-electron chi connectivity index (χ3n) is 3.42.